The zero-order chi connectivity index (χ0) is 22.9. The largest absolute Gasteiger partial charge is 0.481 e. The molecule has 2 aromatic rings. The summed E-state index contributed by atoms with van der Waals surface area (Å²) in [7, 11) is 0. The Bertz CT molecular complexity index is 1120. The summed E-state index contributed by atoms with van der Waals surface area (Å²) >= 11 is 0. The van der Waals surface area contributed by atoms with Gasteiger partial charge < -0.3 is 21.5 Å². The number of rotatable bonds is 7. The third-order valence-electron chi connectivity index (χ3n) is 5.38. The normalized spacial score (nSPS) is 13.7. The van der Waals surface area contributed by atoms with Crippen LogP contribution in [0.3, 0.4) is 0 Å². The van der Waals surface area contributed by atoms with E-state index in [2.05, 4.69) is 11.1 Å². The van der Waals surface area contributed by atoms with Crippen molar-refractivity contribution >= 4 is 23.6 Å². The number of anilines is 1. The molecule has 2 heterocycles. The van der Waals surface area contributed by atoms with Crippen LogP contribution in [0.25, 0.3) is 11.3 Å². The van der Waals surface area contributed by atoms with E-state index in [1.165, 1.54) is 4.90 Å². The van der Waals surface area contributed by atoms with Gasteiger partial charge in [0, 0.05) is 24.1 Å². The van der Waals surface area contributed by atoms with E-state index in [-0.39, 0.29) is 37.0 Å². The first-order chi connectivity index (χ1) is 14.6. The van der Waals surface area contributed by atoms with Gasteiger partial charge in [-0.25, -0.2) is 4.98 Å². The molecule has 0 spiro atoms. The van der Waals surface area contributed by atoms with E-state index < -0.39 is 17.9 Å². The van der Waals surface area contributed by atoms with Gasteiger partial charge in [-0.3, -0.25) is 14.4 Å². The predicted molar refractivity (Wildman–Crippen MR) is 113 cm³/mol. The molecule has 0 saturated carbocycles. The second-order valence-electron chi connectivity index (χ2n) is 7.78. The number of aliphatic carboxylic acids is 1. The molecule has 1 aliphatic heterocycles. The highest BCUT2D eigenvalue weighted by Crippen LogP contribution is 2.32. The van der Waals surface area contributed by atoms with Crippen LogP contribution in [0.15, 0.2) is 24.3 Å². The smallest absolute Gasteiger partial charge is 0.303 e. The van der Waals surface area contributed by atoms with Gasteiger partial charge in [0.05, 0.1) is 11.3 Å². The Morgan fingerprint density at radius 3 is 2.61 bits per heavy atom. The maximum absolute atomic E-state index is 12.8. The van der Waals surface area contributed by atoms with Gasteiger partial charge in [0.25, 0.3) is 5.91 Å². The van der Waals surface area contributed by atoms with Crippen molar-refractivity contribution in [1.82, 2.24) is 9.88 Å². The van der Waals surface area contributed by atoms with Gasteiger partial charge in [-0.2, -0.15) is 5.26 Å². The van der Waals surface area contributed by atoms with Crippen molar-refractivity contribution < 1.29 is 19.5 Å². The molecule has 1 aromatic heterocycles. The van der Waals surface area contributed by atoms with Crippen LogP contribution in [0.1, 0.15) is 59.7 Å². The summed E-state index contributed by atoms with van der Waals surface area (Å²) in [5, 5.41) is 18.3. The number of nitriles is 1. The number of carbonyl (C=O) groups excluding carboxylic acids is 2. The molecule has 0 saturated heterocycles. The first kappa shape index (κ1) is 21.8. The number of hydrogen-bond donors (Lipinski definition) is 3. The molecule has 1 atom stereocenters. The number of primary amides is 1. The lowest BCUT2D eigenvalue weighted by Gasteiger charge is -2.24. The van der Waals surface area contributed by atoms with Crippen molar-refractivity contribution in [1.29, 1.82) is 5.26 Å². The molecule has 31 heavy (non-hydrogen) atoms. The standard InChI is InChI=1S/C22H23N5O4/c1-11(2)15-8-17(26-20(24)16(15)9-23)12-3-4-14-13(7-12)10-27(22(14)31)18(21(25)30)5-6-19(28)29/h3-4,7-8,11,18H,5-6,10H2,1-2H3,(H2,24,26)(H2,25,30)(H,28,29). The number of aromatic nitrogens is 1. The lowest BCUT2D eigenvalue weighted by atomic mass is 9.95. The molecule has 0 aliphatic carbocycles. The van der Waals surface area contributed by atoms with E-state index in [1.54, 1.807) is 18.2 Å². The van der Waals surface area contributed by atoms with Crippen molar-refractivity contribution in [3.63, 3.8) is 0 Å². The fourth-order valence-electron chi connectivity index (χ4n) is 3.78. The lowest BCUT2D eigenvalue weighted by Crippen LogP contribution is -2.45. The minimum Gasteiger partial charge on any atom is -0.481 e. The average Bonchev–Trinajstić information content (AvgIpc) is 3.02. The quantitative estimate of drug-likeness (QED) is 0.615. The number of pyridine rings is 1. The summed E-state index contributed by atoms with van der Waals surface area (Å²) in [5.74, 6) is -1.97. The number of fused-ring (bicyclic) bond motifs is 1. The Labute approximate surface area is 179 Å². The molecule has 0 bridgehead atoms. The maximum atomic E-state index is 12.8. The van der Waals surface area contributed by atoms with Crippen LogP contribution in [0.4, 0.5) is 5.82 Å². The topological polar surface area (TPSA) is 163 Å². The first-order valence-electron chi connectivity index (χ1n) is 9.79. The van der Waals surface area contributed by atoms with E-state index in [4.69, 9.17) is 16.6 Å². The number of nitrogens with two attached hydrogens (primary N) is 2. The second kappa shape index (κ2) is 8.44. The minimum atomic E-state index is -1.07. The van der Waals surface area contributed by atoms with E-state index >= 15 is 0 Å². The van der Waals surface area contributed by atoms with Crippen LogP contribution in [-0.2, 0) is 16.1 Å². The summed E-state index contributed by atoms with van der Waals surface area (Å²) in [5.41, 5.74) is 15.0. The predicted octanol–water partition coefficient (Wildman–Crippen LogP) is 2.00. The van der Waals surface area contributed by atoms with E-state index in [0.717, 1.165) is 5.56 Å². The van der Waals surface area contributed by atoms with Crippen LogP contribution in [-0.4, -0.2) is 38.8 Å². The van der Waals surface area contributed by atoms with Gasteiger partial charge in [-0.15, -0.1) is 0 Å². The average molecular weight is 421 g/mol. The summed E-state index contributed by atoms with van der Waals surface area (Å²) in [4.78, 5) is 41.2. The maximum Gasteiger partial charge on any atom is 0.303 e. The summed E-state index contributed by atoms with van der Waals surface area (Å²) in [6, 6.07) is 8.08. The zero-order valence-electron chi connectivity index (χ0n) is 17.3. The number of benzene rings is 1. The Hall–Kier alpha value is -3.93. The van der Waals surface area contributed by atoms with Gasteiger partial charge >= 0.3 is 5.97 Å². The van der Waals surface area contributed by atoms with Crippen molar-refractivity contribution in [3.05, 3.63) is 46.5 Å². The molecule has 1 aliphatic rings. The molecule has 3 rings (SSSR count). The minimum absolute atomic E-state index is 0.0529. The molecule has 9 nitrogen and oxygen atoms in total. The summed E-state index contributed by atoms with van der Waals surface area (Å²) < 4.78 is 0. The van der Waals surface area contributed by atoms with Crippen molar-refractivity contribution in [3.8, 4) is 17.3 Å². The Balaban J connectivity index is 1.96. The third kappa shape index (κ3) is 4.19. The second-order valence-corrected chi connectivity index (χ2v) is 7.78. The lowest BCUT2D eigenvalue weighted by molar-refractivity contribution is -0.137. The Morgan fingerprint density at radius 2 is 2.03 bits per heavy atom. The molecular weight excluding hydrogens is 398 g/mol. The highest BCUT2D eigenvalue weighted by molar-refractivity contribution is 6.01. The first-order valence-corrected chi connectivity index (χ1v) is 9.79. The van der Waals surface area contributed by atoms with E-state index in [0.29, 0.717) is 27.9 Å². The molecule has 0 fully saturated rings. The van der Waals surface area contributed by atoms with E-state index in [1.807, 2.05) is 19.9 Å². The van der Waals surface area contributed by atoms with Crippen LogP contribution in [0.2, 0.25) is 0 Å². The monoisotopic (exact) mass is 421 g/mol. The molecule has 1 unspecified atom stereocenters. The van der Waals surface area contributed by atoms with Crippen LogP contribution in [0, 0.1) is 11.3 Å². The fourth-order valence-corrected chi connectivity index (χ4v) is 3.78. The van der Waals surface area contributed by atoms with Gasteiger partial charge in [-0.05, 0) is 41.7 Å². The van der Waals surface area contributed by atoms with Gasteiger partial charge in [0.15, 0.2) is 0 Å². The Kier molecular flexibility index (Phi) is 5.92. The van der Waals surface area contributed by atoms with Crippen LogP contribution >= 0.6 is 0 Å². The highest BCUT2D eigenvalue weighted by Gasteiger charge is 2.35. The third-order valence-corrected chi connectivity index (χ3v) is 5.38. The molecule has 1 aromatic carbocycles. The van der Waals surface area contributed by atoms with Crippen molar-refractivity contribution in [2.24, 2.45) is 5.73 Å². The summed E-state index contributed by atoms with van der Waals surface area (Å²) in [6.45, 7) is 4.05. The number of carboxylic acids is 1. The summed E-state index contributed by atoms with van der Waals surface area (Å²) in [6.07, 6.45) is -0.325. The van der Waals surface area contributed by atoms with Crippen LogP contribution in [0.5, 0.6) is 0 Å². The SMILES string of the molecule is CC(C)c1cc(-c2ccc3c(c2)CN(C(CCC(=O)O)C(N)=O)C3=O)nc(N)c1C#N. The van der Waals surface area contributed by atoms with Crippen LogP contribution < -0.4 is 11.5 Å². The fraction of sp³-hybridized carbons (Fsp3) is 0.318. The highest BCUT2D eigenvalue weighted by atomic mass is 16.4. The number of amides is 2. The van der Waals surface area contributed by atoms with Crippen molar-refractivity contribution in [2.75, 3.05) is 5.73 Å². The van der Waals surface area contributed by atoms with Gasteiger partial charge in [-0.1, -0.05) is 19.9 Å². The number of carboxylic acid groups (broad SMARTS) is 1. The van der Waals surface area contributed by atoms with Gasteiger partial charge in [0.2, 0.25) is 5.91 Å². The molecule has 0 radical (unpaired) electrons. The Morgan fingerprint density at radius 1 is 1.32 bits per heavy atom. The number of nitrogen functional groups attached to an aromatic ring is 1. The van der Waals surface area contributed by atoms with E-state index in [9.17, 15) is 19.6 Å². The molecule has 9 heteroatoms. The van der Waals surface area contributed by atoms with Crippen molar-refractivity contribution in [2.45, 2.75) is 45.2 Å². The molecule has 160 valence electrons. The zero-order valence-corrected chi connectivity index (χ0v) is 17.3. The molecular formula is C22H23N5O4. The molecule has 2 amide bonds. The number of nitrogens with zero attached hydrogens (tertiary/aromatic N) is 3. The number of hydrogen-bond acceptors (Lipinski definition) is 6. The number of carbonyl (C=O) groups is 3. The van der Waals surface area contributed by atoms with Gasteiger partial charge in [0.1, 0.15) is 17.9 Å². The molecule has 5 N–H and O–H groups in total.